The van der Waals surface area contributed by atoms with E-state index in [1.165, 1.54) is 16.9 Å². The van der Waals surface area contributed by atoms with E-state index in [0.717, 1.165) is 21.9 Å². The van der Waals surface area contributed by atoms with E-state index in [9.17, 15) is 4.79 Å². The first-order chi connectivity index (χ1) is 15.8. The lowest BCUT2D eigenvalue weighted by Gasteiger charge is -2.23. The first-order valence-electron chi connectivity index (χ1n) is 10.9. The molecule has 0 unspecified atom stereocenters. The average molecular weight is 487 g/mol. The van der Waals surface area contributed by atoms with Crippen molar-refractivity contribution in [2.45, 2.75) is 32.3 Å². The zero-order valence-corrected chi connectivity index (χ0v) is 20.2. The Bertz CT molecular complexity index is 1110. The van der Waals surface area contributed by atoms with E-state index in [0.29, 0.717) is 30.6 Å². The Hall–Kier alpha value is -2.54. The molecule has 2 atom stereocenters. The Morgan fingerprint density at radius 3 is 2.70 bits per heavy atom. The van der Waals surface area contributed by atoms with Gasteiger partial charge in [0.2, 0.25) is 0 Å². The number of hydrogen-bond acceptors (Lipinski definition) is 5. The van der Waals surface area contributed by atoms with Gasteiger partial charge in [-0.1, -0.05) is 61.9 Å². The highest BCUT2D eigenvalue weighted by Crippen LogP contribution is 2.37. The van der Waals surface area contributed by atoms with E-state index in [1.54, 1.807) is 18.4 Å². The Kier molecular flexibility index (Phi) is 7.27. The summed E-state index contributed by atoms with van der Waals surface area (Å²) in [6.45, 7) is 5.63. The maximum atomic E-state index is 11.0. The number of carboxylic acid groups (broad SMARTS) is 1. The van der Waals surface area contributed by atoms with E-state index < -0.39 is 5.97 Å². The minimum atomic E-state index is -0.913. The van der Waals surface area contributed by atoms with Gasteiger partial charge in [0.25, 0.3) is 5.95 Å². The van der Waals surface area contributed by atoms with Crippen LogP contribution in [0.3, 0.4) is 0 Å². The first-order valence-corrected chi connectivity index (χ1v) is 12.1. The van der Waals surface area contributed by atoms with Gasteiger partial charge in [0.15, 0.2) is 0 Å². The highest BCUT2D eigenvalue weighted by Gasteiger charge is 2.31. The predicted octanol–water partition coefficient (Wildman–Crippen LogP) is 6.72. The van der Waals surface area contributed by atoms with E-state index in [1.807, 2.05) is 30.3 Å². The second-order valence-electron chi connectivity index (χ2n) is 8.73. The molecule has 0 radical (unpaired) electrons. The molecule has 1 N–H and O–H groups in total. The summed E-state index contributed by atoms with van der Waals surface area (Å²) in [7, 11) is 0. The number of aromatic carboxylic acids is 1. The Morgan fingerprint density at radius 1 is 1.18 bits per heavy atom. The summed E-state index contributed by atoms with van der Waals surface area (Å²) in [6.07, 6.45) is 4.59. The fraction of sp³-hybridized carbons (Fsp3) is 0.346. The lowest BCUT2D eigenvalue weighted by Crippen LogP contribution is -2.22. The smallest absolute Gasteiger partial charge is 0.345 e. The molecule has 0 saturated carbocycles. The van der Waals surface area contributed by atoms with Crippen molar-refractivity contribution < 1.29 is 23.8 Å². The minimum Gasteiger partial charge on any atom is -0.477 e. The normalized spacial score (nSPS) is 18.3. The van der Waals surface area contributed by atoms with Gasteiger partial charge in [-0.25, -0.2) is 4.79 Å². The molecule has 1 aliphatic carbocycles. The monoisotopic (exact) mass is 486 g/mol. The van der Waals surface area contributed by atoms with Crippen molar-refractivity contribution in [3.8, 4) is 5.95 Å². The van der Waals surface area contributed by atoms with Gasteiger partial charge in [0.05, 0.1) is 26.1 Å². The zero-order valence-electron chi connectivity index (χ0n) is 18.6. The SMILES string of the molecule is CC(C)(c1ccccc1)c1coc(OC[C@H]2C(Cl)=CC[C@@H]2COCc2ccc(C(=O)O)s2)c1. The standard InChI is InChI=1S/C26H27ClO5S/c1-26(2,18-6-4-3-5-7-18)19-12-24(31-14-19)32-16-21-17(8-10-22(21)27)13-30-15-20-9-11-23(33-20)25(28)29/h3-7,9-12,14,17,21H,8,13,15-16H2,1-2H3,(H,28,29)/t17-,21-/m1/s1. The van der Waals surface area contributed by atoms with Crippen molar-refractivity contribution >= 4 is 28.9 Å². The third-order valence-corrected chi connectivity index (χ3v) is 7.67. The number of rotatable bonds is 10. The number of furan rings is 1. The summed E-state index contributed by atoms with van der Waals surface area (Å²) in [6, 6.07) is 15.6. The third-order valence-electron chi connectivity index (χ3n) is 6.19. The van der Waals surface area contributed by atoms with Gasteiger partial charge >= 0.3 is 5.97 Å². The van der Waals surface area contributed by atoms with Crippen molar-refractivity contribution in [2.24, 2.45) is 11.8 Å². The van der Waals surface area contributed by atoms with Crippen LogP contribution in [-0.4, -0.2) is 24.3 Å². The lowest BCUT2D eigenvalue weighted by atomic mass is 9.79. The van der Waals surface area contributed by atoms with Crippen LogP contribution in [0.1, 0.15) is 45.9 Å². The highest BCUT2D eigenvalue weighted by molar-refractivity contribution is 7.13. The Morgan fingerprint density at radius 2 is 1.97 bits per heavy atom. The van der Waals surface area contributed by atoms with Crippen molar-refractivity contribution in [3.63, 3.8) is 0 Å². The topological polar surface area (TPSA) is 68.9 Å². The quantitative estimate of drug-likeness (QED) is 0.344. The number of allylic oxidation sites excluding steroid dienone is 1. The molecule has 2 aromatic heterocycles. The van der Waals surface area contributed by atoms with Gasteiger partial charge in [-0.2, -0.15) is 0 Å². The molecule has 0 fully saturated rings. The first kappa shape index (κ1) is 23.6. The molecule has 0 saturated heterocycles. The van der Waals surface area contributed by atoms with Crippen molar-refractivity contribution in [2.75, 3.05) is 13.2 Å². The molecule has 0 spiro atoms. The number of halogens is 1. The third kappa shape index (κ3) is 5.52. The van der Waals surface area contributed by atoms with E-state index in [-0.39, 0.29) is 17.3 Å². The molecule has 0 amide bonds. The summed E-state index contributed by atoms with van der Waals surface area (Å²) < 4.78 is 17.6. The molecule has 1 aliphatic rings. The maximum Gasteiger partial charge on any atom is 0.345 e. The fourth-order valence-corrected chi connectivity index (χ4v) is 5.11. The number of thiophene rings is 1. The van der Waals surface area contributed by atoms with Gasteiger partial charge in [0, 0.05) is 32.9 Å². The summed E-state index contributed by atoms with van der Waals surface area (Å²) >= 11 is 7.70. The molecule has 0 bridgehead atoms. The molecule has 1 aromatic carbocycles. The van der Waals surface area contributed by atoms with Gasteiger partial charge in [-0.05, 0) is 30.0 Å². The van der Waals surface area contributed by atoms with Crippen molar-refractivity contribution in [1.29, 1.82) is 0 Å². The second kappa shape index (κ2) is 10.2. The second-order valence-corrected chi connectivity index (χ2v) is 10.3. The number of ether oxygens (including phenoxy) is 2. The van der Waals surface area contributed by atoms with Crippen molar-refractivity contribution in [3.05, 3.63) is 86.8 Å². The van der Waals surface area contributed by atoms with Crippen LogP contribution in [0, 0.1) is 11.8 Å². The summed E-state index contributed by atoms with van der Waals surface area (Å²) in [4.78, 5) is 12.2. The van der Waals surface area contributed by atoms with Gasteiger partial charge < -0.3 is 19.0 Å². The largest absolute Gasteiger partial charge is 0.477 e. The van der Waals surface area contributed by atoms with E-state index in [2.05, 4.69) is 26.0 Å². The summed E-state index contributed by atoms with van der Waals surface area (Å²) in [5.41, 5.74) is 2.06. The molecule has 7 heteroatoms. The Labute approximate surface area is 202 Å². The van der Waals surface area contributed by atoms with Crippen LogP contribution in [0.2, 0.25) is 0 Å². The van der Waals surface area contributed by atoms with E-state index >= 15 is 0 Å². The van der Waals surface area contributed by atoms with Crippen LogP contribution >= 0.6 is 22.9 Å². The summed E-state index contributed by atoms with van der Waals surface area (Å²) in [5.74, 6) is -0.208. The predicted molar refractivity (Wildman–Crippen MR) is 129 cm³/mol. The molecule has 3 aromatic rings. The molecular formula is C26H27ClO5S. The van der Waals surface area contributed by atoms with Crippen LogP contribution in [0.4, 0.5) is 0 Å². The fourth-order valence-electron chi connectivity index (χ4n) is 4.00. The van der Waals surface area contributed by atoms with Gasteiger partial charge in [-0.3, -0.25) is 0 Å². The molecule has 5 nitrogen and oxygen atoms in total. The summed E-state index contributed by atoms with van der Waals surface area (Å²) in [5, 5.41) is 9.83. The molecule has 174 valence electrons. The lowest BCUT2D eigenvalue weighted by molar-refractivity contribution is 0.0667. The molecule has 4 rings (SSSR count). The molecular weight excluding hydrogens is 460 g/mol. The molecule has 0 aliphatic heterocycles. The minimum absolute atomic E-state index is 0.0280. The maximum absolute atomic E-state index is 11.0. The Balaban J connectivity index is 1.31. The van der Waals surface area contributed by atoms with Gasteiger partial charge in [0.1, 0.15) is 4.88 Å². The molecule has 2 heterocycles. The van der Waals surface area contributed by atoms with Crippen LogP contribution < -0.4 is 4.74 Å². The van der Waals surface area contributed by atoms with Crippen molar-refractivity contribution in [1.82, 2.24) is 0 Å². The molecule has 33 heavy (non-hydrogen) atoms. The van der Waals surface area contributed by atoms with Crippen LogP contribution in [0.5, 0.6) is 5.95 Å². The number of carboxylic acids is 1. The zero-order chi connectivity index (χ0) is 23.4. The number of benzene rings is 1. The van der Waals surface area contributed by atoms with Gasteiger partial charge in [-0.15, -0.1) is 11.3 Å². The van der Waals surface area contributed by atoms with Crippen LogP contribution in [-0.2, 0) is 16.8 Å². The average Bonchev–Trinajstić information content (AvgIpc) is 3.54. The highest BCUT2D eigenvalue weighted by atomic mass is 35.5. The van der Waals surface area contributed by atoms with Crippen LogP contribution in [0.15, 0.2) is 70.3 Å². The van der Waals surface area contributed by atoms with E-state index in [4.69, 9.17) is 30.6 Å². The van der Waals surface area contributed by atoms with Crippen LogP contribution in [0.25, 0.3) is 0 Å². The number of hydrogen-bond donors (Lipinski definition) is 1. The number of carbonyl (C=O) groups is 1.